The summed E-state index contributed by atoms with van der Waals surface area (Å²) in [6, 6.07) is 0. The Morgan fingerprint density at radius 3 is 1.58 bits per heavy atom. The van der Waals surface area contributed by atoms with Gasteiger partial charge in [0.15, 0.2) is 46.4 Å². The van der Waals surface area contributed by atoms with Crippen LogP contribution in [-0.4, -0.2) is 154 Å². The molecule has 0 radical (unpaired) electrons. The average Bonchev–Trinajstić information content (AvgIpc) is 4.03. The Bertz CT molecular complexity index is 1870. The Balaban J connectivity index is 0.000000164. The highest BCUT2D eigenvalue weighted by molar-refractivity contribution is 6.28. The standard InChI is InChI=1S/C16H22ClN5O5.C16H23N5O5/c17-15-19-12(21-16(6-24)3-1-2-4-16)9-13(20-15)22(7-18-9)14-11(26)10(25)8(5-23)27-14;22-5-9-11(24)12(25)15(26-9)21-8-19-10-13(17-7-18-14(10)21)20-16(6-23)3-1-2-4-16/h7-8,10-11,14,23-26H,1-6H2,(H,19,20,21);7-9,11-12,15,22-25H,1-6H2,(H,17,18,20)/t8-,10-,11-,14-;9-,11-,12-,15-/m11/s1. The Hall–Kier alpha value is -3.41. The molecule has 6 heterocycles. The molecule has 4 fully saturated rings. The van der Waals surface area contributed by atoms with Crippen molar-refractivity contribution in [1.82, 2.24) is 39.0 Å². The second-order valence-corrected chi connectivity index (χ2v) is 14.5. The zero-order valence-corrected chi connectivity index (χ0v) is 29.4. The number of aromatic nitrogens is 8. The maximum Gasteiger partial charge on any atom is 0.226 e. The van der Waals surface area contributed by atoms with Gasteiger partial charge in [0.25, 0.3) is 0 Å². The maximum atomic E-state index is 10.3. The summed E-state index contributed by atoms with van der Waals surface area (Å²) in [5.74, 6) is 0.905. The number of hydrogen-bond acceptors (Lipinski definition) is 18. The lowest BCUT2D eigenvalue weighted by Gasteiger charge is -2.28. The van der Waals surface area contributed by atoms with Gasteiger partial charge in [-0.1, -0.05) is 25.7 Å². The van der Waals surface area contributed by atoms with E-state index in [2.05, 4.69) is 40.5 Å². The maximum absolute atomic E-state index is 10.3. The molecule has 21 heteroatoms. The van der Waals surface area contributed by atoms with Crippen molar-refractivity contribution in [2.45, 2.75) is 112 Å². The highest BCUT2D eigenvalue weighted by Gasteiger charge is 2.45. The molecule has 2 aliphatic heterocycles. The van der Waals surface area contributed by atoms with Crippen LogP contribution in [-0.2, 0) is 9.47 Å². The summed E-state index contributed by atoms with van der Waals surface area (Å²) in [4.78, 5) is 25.6. The van der Waals surface area contributed by atoms with Gasteiger partial charge < -0.3 is 61.0 Å². The topological polar surface area (TPSA) is 292 Å². The summed E-state index contributed by atoms with van der Waals surface area (Å²) >= 11 is 6.10. The number of aliphatic hydroxyl groups is 8. The first-order valence-electron chi connectivity index (χ1n) is 17.7. The van der Waals surface area contributed by atoms with Gasteiger partial charge in [-0.2, -0.15) is 9.97 Å². The van der Waals surface area contributed by atoms with E-state index >= 15 is 0 Å². The second kappa shape index (κ2) is 15.4. The van der Waals surface area contributed by atoms with E-state index < -0.39 is 73.4 Å². The molecule has 290 valence electrons. The molecule has 8 rings (SSSR count). The smallest absolute Gasteiger partial charge is 0.226 e. The normalized spacial score (nSPS) is 30.6. The summed E-state index contributed by atoms with van der Waals surface area (Å²) in [5.41, 5.74) is 0.770. The predicted molar refractivity (Wildman–Crippen MR) is 185 cm³/mol. The number of nitrogens with zero attached hydrogens (tertiary/aromatic N) is 8. The molecule has 0 amide bonds. The van der Waals surface area contributed by atoms with Crippen LogP contribution in [0.4, 0.5) is 11.6 Å². The third kappa shape index (κ3) is 7.02. The molecule has 4 aliphatic rings. The fourth-order valence-corrected chi connectivity index (χ4v) is 7.93. The molecule has 8 atom stereocenters. The Kier molecular flexibility index (Phi) is 11.0. The molecular formula is C32H45ClN10O10. The average molecular weight is 765 g/mol. The van der Waals surface area contributed by atoms with Crippen molar-refractivity contribution in [3.05, 3.63) is 24.3 Å². The van der Waals surface area contributed by atoms with Gasteiger partial charge in [0, 0.05) is 0 Å². The van der Waals surface area contributed by atoms with Crippen molar-refractivity contribution in [2.75, 3.05) is 37.1 Å². The minimum atomic E-state index is -1.26. The molecule has 4 aromatic rings. The lowest BCUT2D eigenvalue weighted by Crippen LogP contribution is -2.39. The first-order valence-corrected chi connectivity index (χ1v) is 18.0. The van der Waals surface area contributed by atoms with E-state index in [1.54, 1.807) is 0 Å². The number of hydrogen-bond donors (Lipinski definition) is 10. The van der Waals surface area contributed by atoms with Crippen LogP contribution in [0.15, 0.2) is 19.0 Å². The van der Waals surface area contributed by atoms with Crippen LogP contribution in [0.25, 0.3) is 22.3 Å². The Morgan fingerprint density at radius 2 is 1.11 bits per heavy atom. The van der Waals surface area contributed by atoms with E-state index in [0.29, 0.717) is 34.0 Å². The van der Waals surface area contributed by atoms with E-state index in [1.165, 1.54) is 28.1 Å². The third-order valence-electron chi connectivity index (χ3n) is 10.8. The monoisotopic (exact) mass is 764 g/mol. The first-order chi connectivity index (χ1) is 25.6. The zero-order valence-electron chi connectivity index (χ0n) is 28.7. The summed E-state index contributed by atoms with van der Waals surface area (Å²) in [5, 5.41) is 85.3. The molecule has 4 aromatic heterocycles. The summed E-state index contributed by atoms with van der Waals surface area (Å²) in [6.45, 7) is -0.856. The molecule has 0 bridgehead atoms. The van der Waals surface area contributed by atoms with Crippen LogP contribution in [0.1, 0.15) is 63.8 Å². The first kappa shape index (κ1) is 37.9. The van der Waals surface area contributed by atoms with Crippen LogP contribution < -0.4 is 10.6 Å². The van der Waals surface area contributed by atoms with Crippen LogP contribution in [0.3, 0.4) is 0 Å². The molecule has 20 nitrogen and oxygen atoms in total. The van der Waals surface area contributed by atoms with Crippen LogP contribution in [0.2, 0.25) is 5.28 Å². The second-order valence-electron chi connectivity index (χ2n) is 14.2. The number of halogens is 1. The number of rotatable bonds is 10. The molecule has 2 aliphatic carbocycles. The molecule has 2 saturated carbocycles. The number of imidazole rings is 2. The molecule has 2 saturated heterocycles. The highest BCUT2D eigenvalue weighted by Crippen LogP contribution is 2.38. The molecule has 53 heavy (non-hydrogen) atoms. The minimum absolute atomic E-state index is 0.00796. The van der Waals surface area contributed by atoms with Gasteiger partial charge in [0.2, 0.25) is 5.28 Å². The fourth-order valence-electron chi connectivity index (χ4n) is 7.76. The van der Waals surface area contributed by atoms with Gasteiger partial charge in [-0.05, 0) is 37.3 Å². The molecule has 0 spiro atoms. The lowest BCUT2D eigenvalue weighted by atomic mass is 9.99. The predicted octanol–water partition coefficient (Wildman–Crippen LogP) is -1.04. The number of fused-ring (bicyclic) bond motifs is 2. The van der Waals surface area contributed by atoms with Gasteiger partial charge in [0.1, 0.15) is 43.0 Å². The Morgan fingerprint density at radius 1 is 0.642 bits per heavy atom. The van der Waals surface area contributed by atoms with E-state index in [0.717, 1.165) is 51.4 Å². The van der Waals surface area contributed by atoms with Gasteiger partial charge >= 0.3 is 0 Å². The third-order valence-corrected chi connectivity index (χ3v) is 11.0. The number of nitrogens with one attached hydrogen (secondary N) is 2. The number of ether oxygens (including phenoxy) is 2. The quantitative estimate of drug-likeness (QED) is 0.0863. The minimum Gasteiger partial charge on any atom is -0.394 e. The summed E-state index contributed by atoms with van der Waals surface area (Å²) in [7, 11) is 0. The van der Waals surface area contributed by atoms with E-state index in [9.17, 15) is 40.9 Å². The van der Waals surface area contributed by atoms with Crippen molar-refractivity contribution in [3.63, 3.8) is 0 Å². The van der Waals surface area contributed by atoms with Gasteiger partial charge in [-0.3, -0.25) is 9.13 Å². The number of anilines is 2. The summed E-state index contributed by atoms with van der Waals surface area (Å²) in [6.07, 6.45) is 3.11. The van der Waals surface area contributed by atoms with Crippen LogP contribution >= 0.6 is 11.6 Å². The van der Waals surface area contributed by atoms with Crippen molar-refractivity contribution in [1.29, 1.82) is 0 Å². The van der Waals surface area contributed by atoms with Crippen LogP contribution in [0, 0.1) is 0 Å². The molecule has 0 unspecified atom stereocenters. The van der Waals surface area contributed by atoms with Crippen molar-refractivity contribution in [2.24, 2.45) is 0 Å². The van der Waals surface area contributed by atoms with Gasteiger partial charge in [0.05, 0.1) is 50.2 Å². The fraction of sp³-hybridized carbons (Fsp3) is 0.688. The number of aliphatic hydroxyl groups excluding tert-OH is 8. The lowest BCUT2D eigenvalue weighted by molar-refractivity contribution is -0.0511. The molecule has 0 aromatic carbocycles. The van der Waals surface area contributed by atoms with Crippen molar-refractivity contribution < 1.29 is 50.3 Å². The summed E-state index contributed by atoms with van der Waals surface area (Å²) < 4.78 is 14.1. The van der Waals surface area contributed by atoms with E-state index in [4.69, 9.17) is 21.1 Å². The van der Waals surface area contributed by atoms with Crippen LogP contribution in [0.5, 0.6) is 0 Å². The molecular weight excluding hydrogens is 720 g/mol. The van der Waals surface area contributed by atoms with Gasteiger partial charge in [-0.15, -0.1) is 0 Å². The van der Waals surface area contributed by atoms with E-state index in [-0.39, 0.29) is 18.5 Å². The van der Waals surface area contributed by atoms with Crippen molar-refractivity contribution >= 4 is 45.6 Å². The van der Waals surface area contributed by atoms with Gasteiger partial charge in [-0.25, -0.2) is 19.9 Å². The zero-order chi connectivity index (χ0) is 37.5. The van der Waals surface area contributed by atoms with Crippen molar-refractivity contribution in [3.8, 4) is 0 Å². The van der Waals surface area contributed by atoms with E-state index in [1.807, 2.05) is 0 Å². The largest absolute Gasteiger partial charge is 0.394 e. The SMILES string of the molecule is OC[C@H]1O[C@@H](n2cnc3c(NC4(CO)CCCC4)nc(Cl)nc32)[C@H](O)[C@@H]1O.OC[C@H]1O[C@@H](n2cnc3c(NC4(CO)CCCC4)ncnc32)[C@H](O)[C@@H]1O. The Labute approximate surface area is 307 Å². The highest BCUT2D eigenvalue weighted by atomic mass is 35.5. The molecule has 10 N–H and O–H groups in total.